The number of nitrogens with zero attached hydrogens (tertiary/aromatic N) is 3. The van der Waals surface area contributed by atoms with Crippen molar-refractivity contribution in [3.63, 3.8) is 0 Å². The maximum atomic E-state index is 13.6. The van der Waals surface area contributed by atoms with Crippen molar-refractivity contribution in [1.29, 1.82) is 0 Å². The van der Waals surface area contributed by atoms with Gasteiger partial charge in [0.05, 0.1) is 18.8 Å². The van der Waals surface area contributed by atoms with Crippen molar-refractivity contribution in [3.05, 3.63) is 101 Å². The molecule has 1 atom stereocenters. The van der Waals surface area contributed by atoms with Crippen LogP contribution in [0.2, 0.25) is 5.02 Å². The van der Waals surface area contributed by atoms with Gasteiger partial charge in [-0.15, -0.1) is 0 Å². The first-order valence-electron chi connectivity index (χ1n) is 11.0. The third-order valence-electron chi connectivity index (χ3n) is 5.25. The minimum Gasteiger partial charge on any atom is -0.295 e. The Morgan fingerprint density at radius 3 is 2.47 bits per heavy atom. The van der Waals surface area contributed by atoms with E-state index in [1.807, 2.05) is 42.5 Å². The van der Waals surface area contributed by atoms with Crippen LogP contribution in [0.1, 0.15) is 17.0 Å². The number of hydrazone groups is 1. The lowest BCUT2D eigenvalue weighted by Crippen LogP contribution is -2.36. The van der Waals surface area contributed by atoms with Gasteiger partial charge in [0.15, 0.2) is 0 Å². The fraction of sp³-hybridized carbons (Fsp3) is 0.167. The predicted octanol–water partition coefficient (Wildman–Crippen LogP) is 3.73. The van der Waals surface area contributed by atoms with Crippen LogP contribution in [0.25, 0.3) is 0 Å². The molecule has 0 radical (unpaired) electrons. The monoisotopic (exact) mass is 546 g/mol. The van der Waals surface area contributed by atoms with Crippen LogP contribution in [0.5, 0.6) is 0 Å². The largest absolute Gasteiger partial charge is 0.295 e. The van der Waals surface area contributed by atoms with E-state index in [-0.39, 0.29) is 24.8 Å². The average Bonchev–Trinajstić information content (AvgIpc) is 3.30. The molecular formula is C24H24ClFN6O2S2. The van der Waals surface area contributed by atoms with Gasteiger partial charge in [-0.05, 0) is 59.5 Å². The van der Waals surface area contributed by atoms with Crippen LogP contribution in [-0.2, 0) is 10.2 Å². The third kappa shape index (κ3) is 7.28. The molecule has 4 rings (SSSR count). The van der Waals surface area contributed by atoms with Gasteiger partial charge in [-0.3, -0.25) is 4.72 Å². The van der Waals surface area contributed by atoms with Crippen LogP contribution in [-0.4, -0.2) is 44.7 Å². The molecule has 3 aromatic carbocycles. The number of rotatable bonds is 8. The van der Waals surface area contributed by atoms with E-state index in [9.17, 15) is 12.8 Å². The van der Waals surface area contributed by atoms with Gasteiger partial charge in [0.25, 0.3) is 10.2 Å². The number of nitrogens with two attached hydrogens (primary N) is 1. The first-order chi connectivity index (χ1) is 17.3. The average molecular weight is 547 g/mol. The van der Waals surface area contributed by atoms with Crippen LogP contribution in [0.15, 0.2) is 93.9 Å². The van der Waals surface area contributed by atoms with E-state index >= 15 is 0 Å². The van der Waals surface area contributed by atoms with E-state index in [0.29, 0.717) is 17.5 Å². The van der Waals surface area contributed by atoms with Crippen molar-refractivity contribution in [1.82, 2.24) is 14.5 Å². The van der Waals surface area contributed by atoms with Crippen molar-refractivity contribution in [2.24, 2.45) is 15.2 Å². The first-order valence-corrected chi connectivity index (χ1v) is 13.7. The standard InChI is InChI=1S/C24H24ClFN6O2S2/c25-19-8-12-21(13-9-19)35-31-24(28-14-15-29-36(27,33)34)32-16-22(17-4-2-1-3-5-17)23(30-32)18-6-10-20(26)11-7-18/h1-13,22,29H,14-16H2,(H,28,31)(H2,27,33,34). The number of guanidine groups is 1. The number of aliphatic imine (C=N–C) groups is 1. The van der Waals surface area contributed by atoms with Crippen LogP contribution in [0, 0.1) is 5.82 Å². The van der Waals surface area contributed by atoms with E-state index in [1.165, 1.54) is 24.1 Å². The molecule has 0 amide bonds. The predicted molar refractivity (Wildman–Crippen MR) is 143 cm³/mol. The second kappa shape index (κ2) is 11.8. The number of hydrogen-bond acceptors (Lipinski definition) is 5. The molecule has 1 aliphatic heterocycles. The Kier molecular flexibility index (Phi) is 8.60. The SMILES string of the molecule is NS(=O)(=O)NCCN=C(NSc1ccc(Cl)cc1)N1CC(c2ccccc2)C(c2ccc(F)cc2)=N1. The molecule has 0 bridgehead atoms. The quantitative estimate of drug-likeness (QED) is 0.172. The Balaban J connectivity index is 1.62. The molecule has 188 valence electrons. The molecule has 0 spiro atoms. The Bertz CT molecular complexity index is 1340. The molecule has 36 heavy (non-hydrogen) atoms. The van der Waals surface area contributed by atoms with E-state index < -0.39 is 10.2 Å². The fourth-order valence-electron chi connectivity index (χ4n) is 3.59. The van der Waals surface area contributed by atoms with Crippen LogP contribution in [0.4, 0.5) is 4.39 Å². The van der Waals surface area contributed by atoms with Crippen LogP contribution in [0.3, 0.4) is 0 Å². The maximum absolute atomic E-state index is 13.6. The van der Waals surface area contributed by atoms with Gasteiger partial charge in [0, 0.05) is 22.4 Å². The lowest BCUT2D eigenvalue weighted by molar-refractivity contribution is 0.463. The Morgan fingerprint density at radius 2 is 1.81 bits per heavy atom. The summed E-state index contributed by atoms with van der Waals surface area (Å²) in [7, 11) is -3.82. The highest BCUT2D eigenvalue weighted by atomic mass is 35.5. The maximum Gasteiger partial charge on any atom is 0.274 e. The summed E-state index contributed by atoms with van der Waals surface area (Å²) < 4.78 is 41.5. The Morgan fingerprint density at radius 1 is 1.11 bits per heavy atom. The van der Waals surface area contributed by atoms with Gasteiger partial charge in [0.2, 0.25) is 5.96 Å². The van der Waals surface area contributed by atoms with Crippen molar-refractivity contribution in [3.8, 4) is 0 Å². The number of hydrogen-bond donors (Lipinski definition) is 3. The summed E-state index contributed by atoms with van der Waals surface area (Å²) in [6.07, 6.45) is 0. The molecule has 0 aromatic heterocycles. The van der Waals surface area contributed by atoms with E-state index in [2.05, 4.69) is 14.4 Å². The minimum atomic E-state index is -3.82. The molecule has 0 saturated carbocycles. The summed E-state index contributed by atoms with van der Waals surface area (Å²) in [5.74, 6) is 0.0204. The molecular weight excluding hydrogens is 523 g/mol. The third-order valence-corrected chi connectivity index (χ3v) is 6.90. The molecule has 1 aliphatic rings. The van der Waals surface area contributed by atoms with Crippen LogP contribution >= 0.6 is 23.5 Å². The van der Waals surface area contributed by atoms with Crippen molar-refractivity contribution in [2.45, 2.75) is 10.8 Å². The van der Waals surface area contributed by atoms with Crippen LogP contribution < -0.4 is 14.6 Å². The van der Waals surface area contributed by atoms with Gasteiger partial charge in [0.1, 0.15) is 5.82 Å². The second-order valence-corrected chi connectivity index (χ2v) is 10.5. The molecule has 0 aliphatic carbocycles. The van der Waals surface area contributed by atoms with E-state index in [0.717, 1.165) is 21.7 Å². The summed E-state index contributed by atoms with van der Waals surface area (Å²) in [6.45, 7) is 0.639. The van der Waals surface area contributed by atoms with Crippen molar-refractivity contribution >= 4 is 45.4 Å². The highest BCUT2D eigenvalue weighted by molar-refractivity contribution is 7.98. The summed E-state index contributed by atoms with van der Waals surface area (Å²) >= 11 is 7.31. The fourth-order valence-corrected chi connectivity index (χ4v) is 4.74. The minimum absolute atomic E-state index is 0.0279. The smallest absolute Gasteiger partial charge is 0.274 e. The topological polar surface area (TPSA) is 112 Å². The molecule has 1 unspecified atom stereocenters. The molecule has 1 heterocycles. The Hall–Kier alpha value is -2.96. The van der Waals surface area contributed by atoms with Gasteiger partial charge in [-0.2, -0.15) is 13.5 Å². The molecule has 8 nitrogen and oxygen atoms in total. The van der Waals surface area contributed by atoms with Gasteiger partial charge >= 0.3 is 0 Å². The number of benzene rings is 3. The highest BCUT2D eigenvalue weighted by Gasteiger charge is 2.31. The zero-order valence-electron chi connectivity index (χ0n) is 19.0. The summed E-state index contributed by atoms with van der Waals surface area (Å²) in [4.78, 5) is 5.45. The van der Waals surface area contributed by atoms with Gasteiger partial charge in [-0.1, -0.05) is 54.1 Å². The highest BCUT2D eigenvalue weighted by Crippen LogP contribution is 2.29. The Labute approximate surface area is 218 Å². The second-order valence-electron chi connectivity index (χ2n) is 7.84. The zero-order chi connectivity index (χ0) is 25.5. The molecule has 0 saturated heterocycles. The van der Waals surface area contributed by atoms with Gasteiger partial charge in [-0.25, -0.2) is 24.3 Å². The summed E-state index contributed by atoms with van der Waals surface area (Å²) in [5, 5.41) is 12.2. The van der Waals surface area contributed by atoms with Crippen molar-refractivity contribution in [2.75, 3.05) is 19.6 Å². The zero-order valence-corrected chi connectivity index (χ0v) is 21.4. The first kappa shape index (κ1) is 26.1. The van der Waals surface area contributed by atoms with Gasteiger partial charge < -0.3 is 0 Å². The van der Waals surface area contributed by atoms with E-state index in [4.69, 9.17) is 21.8 Å². The van der Waals surface area contributed by atoms with E-state index in [1.54, 1.807) is 29.3 Å². The normalized spacial score (nSPS) is 16.2. The molecule has 3 aromatic rings. The summed E-state index contributed by atoms with van der Waals surface area (Å²) in [5.41, 5.74) is 2.63. The lowest BCUT2D eigenvalue weighted by Gasteiger charge is -2.19. The summed E-state index contributed by atoms with van der Waals surface area (Å²) in [6, 6.07) is 23.4. The number of halogens is 2. The molecule has 0 fully saturated rings. The van der Waals surface area contributed by atoms with Crippen molar-refractivity contribution < 1.29 is 12.8 Å². The lowest BCUT2D eigenvalue weighted by atomic mass is 9.91. The number of nitrogens with one attached hydrogen (secondary N) is 2. The molecule has 12 heteroatoms. The molecule has 4 N–H and O–H groups in total.